The zero-order chi connectivity index (χ0) is 12.3. The van der Waals surface area contributed by atoms with Gasteiger partial charge in [0.1, 0.15) is 0 Å². The minimum absolute atomic E-state index is 0.253. The fourth-order valence-corrected chi connectivity index (χ4v) is 3.06. The largest absolute Gasteiger partial charge is 0.391 e. The van der Waals surface area contributed by atoms with Crippen LogP contribution < -0.4 is 0 Å². The molecule has 2 rings (SSSR count). The van der Waals surface area contributed by atoms with Crippen molar-refractivity contribution in [3.8, 4) is 0 Å². The number of piperidine rings is 1. The van der Waals surface area contributed by atoms with Crippen LogP contribution in [0.4, 0.5) is 0 Å². The molecule has 1 N–H and O–H groups in total. The van der Waals surface area contributed by atoms with Gasteiger partial charge >= 0.3 is 0 Å². The van der Waals surface area contributed by atoms with Crippen LogP contribution in [-0.2, 0) is 4.79 Å². The number of carbonyl (C=O) groups excluding carboxylic acids is 1. The summed E-state index contributed by atoms with van der Waals surface area (Å²) in [4.78, 5) is 13.9. The van der Waals surface area contributed by atoms with Gasteiger partial charge in [-0.25, -0.2) is 0 Å². The number of nitrogens with zero attached hydrogens (tertiary/aromatic N) is 1. The molecule has 0 spiro atoms. The first kappa shape index (κ1) is 12.9. The molecule has 98 valence electrons. The molecule has 1 saturated heterocycles. The first-order valence-electron chi connectivity index (χ1n) is 7.12. The lowest BCUT2D eigenvalue weighted by molar-refractivity contribution is -0.135. The zero-order valence-electron chi connectivity index (χ0n) is 10.9. The van der Waals surface area contributed by atoms with Crippen molar-refractivity contribution in [1.82, 2.24) is 4.90 Å². The lowest BCUT2D eigenvalue weighted by Crippen LogP contribution is -2.45. The molecule has 0 bridgehead atoms. The maximum absolute atomic E-state index is 12.0. The second kappa shape index (κ2) is 5.85. The molecule has 1 aliphatic heterocycles. The van der Waals surface area contributed by atoms with Crippen molar-refractivity contribution in [3.63, 3.8) is 0 Å². The number of aliphatic hydroxyl groups excluding tert-OH is 1. The second-order valence-corrected chi connectivity index (χ2v) is 5.86. The van der Waals surface area contributed by atoms with Gasteiger partial charge in [0.2, 0.25) is 5.91 Å². The number of hydrogen-bond acceptors (Lipinski definition) is 2. The van der Waals surface area contributed by atoms with Crippen molar-refractivity contribution in [2.45, 2.75) is 58.0 Å². The Labute approximate surface area is 104 Å². The molecule has 3 heteroatoms. The Morgan fingerprint density at radius 2 is 2.00 bits per heavy atom. The van der Waals surface area contributed by atoms with E-state index < -0.39 is 0 Å². The number of rotatable bonds is 3. The molecule has 0 radical (unpaired) electrons. The van der Waals surface area contributed by atoms with Crippen LogP contribution in [0.2, 0.25) is 0 Å². The Morgan fingerprint density at radius 1 is 1.29 bits per heavy atom. The molecule has 1 heterocycles. The number of amides is 1. The molecular formula is C14H25NO2. The number of carbonyl (C=O) groups is 1. The minimum atomic E-state index is -0.320. The highest BCUT2D eigenvalue weighted by molar-refractivity contribution is 5.76. The van der Waals surface area contributed by atoms with E-state index in [9.17, 15) is 9.90 Å². The molecule has 17 heavy (non-hydrogen) atoms. The maximum atomic E-state index is 12.0. The third kappa shape index (κ3) is 3.44. The Balaban J connectivity index is 1.72. The zero-order valence-corrected chi connectivity index (χ0v) is 10.9. The van der Waals surface area contributed by atoms with Crippen molar-refractivity contribution in [3.05, 3.63) is 0 Å². The lowest BCUT2D eigenvalue weighted by atomic mass is 9.95. The summed E-state index contributed by atoms with van der Waals surface area (Å²) in [6, 6.07) is 0. The van der Waals surface area contributed by atoms with E-state index in [0.717, 1.165) is 25.3 Å². The predicted octanol–water partition coefficient (Wildman–Crippen LogP) is 2.19. The Kier molecular flexibility index (Phi) is 4.43. The van der Waals surface area contributed by atoms with Gasteiger partial charge in [0.15, 0.2) is 0 Å². The fourth-order valence-electron chi connectivity index (χ4n) is 3.06. The van der Waals surface area contributed by atoms with E-state index in [1.54, 1.807) is 0 Å². The Morgan fingerprint density at radius 3 is 2.65 bits per heavy atom. The molecule has 0 aromatic rings. The third-order valence-electron chi connectivity index (χ3n) is 4.51. The predicted molar refractivity (Wildman–Crippen MR) is 67.6 cm³/mol. The van der Waals surface area contributed by atoms with Crippen molar-refractivity contribution in [2.24, 2.45) is 11.8 Å². The molecule has 2 aliphatic rings. The van der Waals surface area contributed by atoms with Crippen LogP contribution in [0.5, 0.6) is 0 Å². The van der Waals surface area contributed by atoms with Crippen molar-refractivity contribution >= 4 is 5.91 Å². The monoisotopic (exact) mass is 239 g/mol. The summed E-state index contributed by atoms with van der Waals surface area (Å²) in [6.45, 7) is 3.44. The molecular weight excluding hydrogens is 214 g/mol. The van der Waals surface area contributed by atoms with Gasteiger partial charge in [-0.2, -0.15) is 0 Å². The van der Waals surface area contributed by atoms with Gasteiger partial charge < -0.3 is 10.0 Å². The van der Waals surface area contributed by atoms with Gasteiger partial charge in [-0.3, -0.25) is 4.79 Å². The van der Waals surface area contributed by atoms with Crippen LogP contribution in [0.1, 0.15) is 51.9 Å². The molecule has 1 amide bonds. The summed E-state index contributed by atoms with van der Waals surface area (Å²) < 4.78 is 0. The van der Waals surface area contributed by atoms with Crippen LogP contribution in [-0.4, -0.2) is 35.1 Å². The minimum Gasteiger partial charge on any atom is -0.391 e. The molecule has 0 aromatic heterocycles. The highest BCUT2D eigenvalue weighted by atomic mass is 16.3. The van der Waals surface area contributed by atoms with Crippen molar-refractivity contribution < 1.29 is 9.90 Å². The molecule has 2 fully saturated rings. The SMILES string of the molecule is CC1CCN(C(=O)CCC2CCCC2)CC1O. The Hall–Kier alpha value is -0.570. The molecule has 2 atom stereocenters. The van der Waals surface area contributed by atoms with E-state index in [-0.39, 0.29) is 12.0 Å². The highest BCUT2D eigenvalue weighted by Crippen LogP contribution is 2.29. The van der Waals surface area contributed by atoms with Gasteiger partial charge in [0.25, 0.3) is 0 Å². The van der Waals surface area contributed by atoms with Gasteiger partial charge in [-0.15, -0.1) is 0 Å². The normalized spacial score (nSPS) is 30.8. The smallest absolute Gasteiger partial charge is 0.222 e. The van der Waals surface area contributed by atoms with Crippen LogP contribution in [0, 0.1) is 11.8 Å². The number of likely N-dealkylation sites (tertiary alicyclic amines) is 1. The fraction of sp³-hybridized carbons (Fsp3) is 0.929. The van der Waals surface area contributed by atoms with E-state index in [4.69, 9.17) is 0 Å². The number of hydrogen-bond donors (Lipinski definition) is 1. The van der Waals surface area contributed by atoms with Gasteiger partial charge in [-0.05, 0) is 24.7 Å². The topological polar surface area (TPSA) is 40.5 Å². The standard InChI is InChI=1S/C14H25NO2/c1-11-8-9-15(10-13(11)16)14(17)7-6-12-4-2-3-5-12/h11-13,16H,2-10H2,1H3. The highest BCUT2D eigenvalue weighted by Gasteiger charge is 2.27. The van der Waals surface area contributed by atoms with Crippen LogP contribution in [0.15, 0.2) is 0 Å². The Bertz CT molecular complexity index is 261. The molecule has 1 saturated carbocycles. The van der Waals surface area contributed by atoms with Gasteiger partial charge in [-0.1, -0.05) is 32.6 Å². The first-order chi connectivity index (χ1) is 8.16. The number of β-amino-alcohol motifs (C(OH)–C–C–N with tert-alkyl or cyclic N) is 1. The number of aliphatic hydroxyl groups is 1. The summed E-state index contributed by atoms with van der Waals surface area (Å²) in [5.74, 6) is 1.38. The van der Waals surface area contributed by atoms with Crippen molar-refractivity contribution in [2.75, 3.05) is 13.1 Å². The first-order valence-corrected chi connectivity index (χ1v) is 7.12. The lowest BCUT2D eigenvalue weighted by Gasteiger charge is -2.34. The molecule has 3 nitrogen and oxygen atoms in total. The third-order valence-corrected chi connectivity index (χ3v) is 4.51. The van der Waals surface area contributed by atoms with E-state index in [2.05, 4.69) is 6.92 Å². The van der Waals surface area contributed by atoms with E-state index in [1.807, 2.05) is 4.90 Å². The quantitative estimate of drug-likeness (QED) is 0.820. The van der Waals surface area contributed by atoms with Crippen molar-refractivity contribution in [1.29, 1.82) is 0 Å². The van der Waals surface area contributed by atoms with E-state index >= 15 is 0 Å². The average molecular weight is 239 g/mol. The summed E-state index contributed by atoms with van der Waals surface area (Å²) in [5, 5.41) is 9.78. The van der Waals surface area contributed by atoms with E-state index in [1.165, 1.54) is 25.7 Å². The van der Waals surface area contributed by atoms with Crippen LogP contribution in [0.3, 0.4) is 0 Å². The summed E-state index contributed by atoms with van der Waals surface area (Å²) in [5.41, 5.74) is 0. The van der Waals surface area contributed by atoms with Gasteiger partial charge in [0.05, 0.1) is 6.10 Å². The second-order valence-electron chi connectivity index (χ2n) is 5.86. The molecule has 0 aromatic carbocycles. The summed E-state index contributed by atoms with van der Waals surface area (Å²) >= 11 is 0. The van der Waals surface area contributed by atoms with Gasteiger partial charge in [0, 0.05) is 19.5 Å². The molecule has 1 aliphatic carbocycles. The van der Waals surface area contributed by atoms with Crippen LogP contribution in [0.25, 0.3) is 0 Å². The van der Waals surface area contributed by atoms with E-state index in [0.29, 0.717) is 18.9 Å². The maximum Gasteiger partial charge on any atom is 0.222 e. The summed E-state index contributed by atoms with van der Waals surface area (Å²) in [7, 11) is 0. The molecule has 2 unspecified atom stereocenters. The average Bonchev–Trinajstić information content (AvgIpc) is 2.82. The summed E-state index contributed by atoms with van der Waals surface area (Å²) in [6.07, 6.45) is 7.68. The van der Waals surface area contributed by atoms with Crippen LogP contribution >= 0.6 is 0 Å².